The van der Waals surface area contributed by atoms with E-state index in [4.69, 9.17) is 0 Å². The van der Waals surface area contributed by atoms with Crippen LogP contribution in [0.5, 0.6) is 0 Å². The summed E-state index contributed by atoms with van der Waals surface area (Å²) >= 11 is 2.64. The van der Waals surface area contributed by atoms with Crippen molar-refractivity contribution in [3.8, 4) is 0 Å². The van der Waals surface area contributed by atoms with E-state index in [0.29, 0.717) is 57.2 Å². The SMILES string of the molecule is CCCCC(CC)CN1C(=O)C2=C(c3ccc(C=O)s3)N(CC(CC)CCCC)C(=O)C2=C1c1ccc(C=O)s1. The normalized spacial score (nSPS) is 16.8. The fourth-order valence-electron chi connectivity index (χ4n) is 5.69. The number of carbonyl (C=O) groups excluding carboxylic acids is 4. The van der Waals surface area contributed by atoms with Crippen LogP contribution in [-0.4, -0.2) is 47.3 Å². The van der Waals surface area contributed by atoms with E-state index in [1.54, 1.807) is 21.9 Å². The highest BCUT2D eigenvalue weighted by atomic mass is 32.1. The summed E-state index contributed by atoms with van der Waals surface area (Å²) in [5.74, 6) is 0.297. The Hall–Kier alpha value is -2.84. The predicted octanol–water partition coefficient (Wildman–Crippen LogP) is 7.67. The lowest BCUT2D eigenvalue weighted by Crippen LogP contribution is -2.34. The van der Waals surface area contributed by atoms with Crippen molar-refractivity contribution in [2.24, 2.45) is 11.8 Å². The van der Waals surface area contributed by atoms with Crippen LogP contribution in [0.25, 0.3) is 11.4 Å². The zero-order valence-electron chi connectivity index (χ0n) is 24.0. The Labute approximate surface area is 245 Å². The molecular weight excluding hydrogens is 540 g/mol. The molecule has 0 spiro atoms. The van der Waals surface area contributed by atoms with E-state index in [9.17, 15) is 19.2 Å². The first-order valence-corrected chi connectivity index (χ1v) is 16.3. The van der Waals surface area contributed by atoms with Crippen LogP contribution in [0.15, 0.2) is 35.4 Å². The van der Waals surface area contributed by atoms with Gasteiger partial charge in [0.05, 0.1) is 42.0 Å². The van der Waals surface area contributed by atoms with Crippen LogP contribution in [0.1, 0.15) is 108 Å². The third-order valence-electron chi connectivity index (χ3n) is 8.10. The fraction of sp³-hybridized carbons (Fsp3) is 0.500. The highest BCUT2D eigenvalue weighted by Gasteiger charge is 2.50. The lowest BCUT2D eigenvalue weighted by molar-refractivity contribution is -0.124. The van der Waals surface area contributed by atoms with Crippen LogP contribution in [0.3, 0.4) is 0 Å². The van der Waals surface area contributed by atoms with Gasteiger partial charge < -0.3 is 9.80 Å². The first-order valence-electron chi connectivity index (χ1n) is 14.6. The molecule has 2 aromatic rings. The maximum atomic E-state index is 14.4. The zero-order valence-corrected chi connectivity index (χ0v) is 25.7. The van der Waals surface area contributed by atoms with Gasteiger partial charge in [0.15, 0.2) is 12.6 Å². The van der Waals surface area contributed by atoms with Crippen molar-refractivity contribution in [3.05, 3.63) is 54.9 Å². The van der Waals surface area contributed by atoms with Crippen molar-refractivity contribution in [1.82, 2.24) is 9.80 Å². The van der Waals surface area contributed by atoms with Crippen LogP contribution in [0.2, 0.25) is 0 Å². The molecule has 2 aromatic heterocycles. The van der Waals surface area contributed by atoms with Gasteiger partial charge in [0.1, 0.15) is 0 Å². The van der Waals surface area contributed by atoms with Crippen molar-refractivity contribution in [3.63, 3.8) is 0 Å². The van der Waals surface area contributed by atoms with Crippen LogP contribution in [0, 0.1) is 11.8 Å². The molecule has 0 aliphatic carbocycles. The summed E-state index contributed by atoms with van der Waals surface area (Å²) in [6.45, 7) is 9.70. The number of carbonyl (C=O) groups is 4. The quantitative estimate of drug-likeness (QED) is 0.191. The monoisotopic (exact) mass is 580 g/mol. The molecule has 2 aliphatic heterocycles. The molecule has 8 heteroatoms. The number of unbranched alkanes of at least 4 members (excludes halogenated alkanes) is 2. The van der Waals surface area contributed by atoms with Crippen molar-refractivity contribution in [1.29, 1.82) is 0 Å². The Kier molecular flexibility index (Phi) is 10.3. The van der Waals surface area contributed by atoms with Gasteiger partial charge in [-0.1, -0.05) is 66.2 Å². The molecule has 6 nitrogen and oxygen atoms in total. The summed E-state index contributed by atoms with van der Waals surface area (Å²) in [6, 6.07) is 7.22. The van der Waals surface area contributed by atoms with E-state index in [0.717, 1.165) is 73.7 Å². The van der Waals surface area contributed by atoms with Gasteiger partial charge in [-0.25, -0.2) is 0 Å². The Balaban J connectivity index is 1.89. The molecule has 0 saturated heterocycles. The van der Waals surface area contributed by atoms with E-state index < -0.39 is 0 Å². The van der Waals surface area contributed by atoms with E-state index in [2.05, 4.69) is 27.7 Å². The van der Waals surface area contributed by atoms with Gasteiger partial charge >= 0.3 is 0 Å². The molecule has 2 amide bonds. The van der Waals surface area contributed by atoms with Gasteiger partial charge in [0.25, 0.3) is 11.8 Å². The molecule has 0 N–H and O–H groups in total. The Morgan fingerprint density at radius 3 is 1.38 bits per heavy atom. The molecule has 0 aromatic carbocycles. The molecule has 2 aliphatic rings. The standard InChI is InChI=1S/C32H40N2O4S2/c1-5-9-11-21(7-3)17-33-29(25-15-13-23(19-35)39-25)27-28(31(33)37)30(26-16-14-24(20-36)40-26)34(32(27)38)18-22(8-4)12-10-6-2/h13-16,19-22H,5-12,17-18H2,1-4H3. The van der Waals surface area contributed by atoms with Crippen molar-refractivity contribution >= 4 is 58.5 Å². The number of thiophene rings is 2. The minimum absolute atomic E-state index is 0.158. The van der Waals surface area contributed by atoms with E-state index in [1.165, 1.54) is 22.7 Å². The number of fused-ring (bicyclic) bond motifs is 1. The first-order chi connectivity index (χ1) is 19.4. The van der Waals surface area contributed by atoms with Crippen LogP contribution >= 0.6 is 22.7 Å². The molecule has 2 atom stereocenters. The maximum Gasteiger partial charge on any atom is 0.261 e. The topological polar surface area (TPSA) is 74.8 Å². The molecule has 0 saturated carbocycles. The van der Waals surface area contributed by atoms with Crippen molar-refractivity contribution in [2.75, 3.05) is 13.1 Å². The second-order valence-corrected chi connectivity index (χ2v) is 13.0. The first kappa shape index (κ1) is 30.1. The third-order valence-corrected chi connectivity index (χ3v) is 10.1. The van der Waals surface area contributed by atoms with Crippen LogP contribution < -0.4 is 0 Å². The zero-order chi connectivity index (χ0) is 28.8. The minimum Gasteiger partial charge on any atom is -0.306 e. The molecule has 0 fully saturated rings. The second kappa shape index (κ2) is 13.7. The molecule has 0 bridgehead atoms. The molecule has 2 unspecified atom stereocenters. The lowest BCUT2D eigenvalue weighted by Gasteiger charge is -2.29. The number of nitrogens with zero attached hydrogens (tertiary/aromatic N) is 2. The molecular formula is C32H40N2O4S2. The smallest absolute Gasteiger partial charge is 0.261 e. The van der Waals surface area contributed by atoms with Gasteiger partial charge in [-0.05, 0) is 48.9 Å². The van der Waals surface area contributed by atoms with Crippen LogP contribution in [-0.2, 0) is 9.59 Å². The molecule has 4 heterocycles. The number of aldehydes is 2. The van der Waals surface area contributed by atoms with Gasteiger partial charge in [-0.15, -0.1) is 22.7 Å². The van der Waals surface area contributed by atoms with Crippen LogP contribution in [0.4, 0.5) is 0 Å². The summed E-state index contributed by atoms with van der Waals surface area (Å²) in [6.07, 6.45) is 9.87. The van der Waals surface area contributed by atoms with Crippen molar-refractivity contribution < 1.29 is 19.2 Å². The number of hydrogen-bond donors (Lipinski definition) is 0. The van der Waals surface area contributed by atoms with Gasteiger partial charge in [0.2, 0.25) is 0 Å². The summed E-state index contributed by atoms with van der Waals surface area (Å²) in [7, 11) is 0. The van der Waals surface area contributed by atoms with E-state index >= 15 is 0 Å². The molecule has 40 heavy (non-hydrogen) atoms. The average Bonchev–Trinajstić information content (AvgIpc) is 3.74. The second-order valence-electron chi connectivity index (χ2n) is 10.8. The highest BCUT2D eigenvalue weighted by molar-refractivity contribution is 7.15. The van der Waals surface area contributed by atoms with Gasteiger partial charge in [0, 0.05) is 13.1 Å². The molecule has 4 rings (SSSR count). The summed E-state index contributed by atoms with van der Waals surface area (Å²) in [5, 5.41) is 0. The number of hydrogen-bond acceptors (Lipinski definition) is 6. The average molecular weight is 581 g/mol. The van der Waals surface area contributed by atoms with E-state index in [1.807, 2.05) is 12.1 Å². The van der Waals surface area contributed by atoms with Gasteiger partial charge in [-0.3, -0.25) is 19.2 Å². The minimum atomic E-state index is -0.158. The number of rotatable bonds is 16. The molecule has 0 radical (unpaired) electrons. The Morgan fingerprint density at radius 2 is 1.07 bits per heavy atom. The Morgan fingerprint density at radius 1 is 0.675 bits per heavy atom. The fourth-order valence-corrected chi connectivity index (χ4v) is 7.46. The number of amides is 2. The highest BCUT2D eigenvalue weighted by Crippen LogP contribution is 2.49. The predicted molar refractivity (Wildman–Crippen MR) is 163 cm³/mol. The lowest BCUT2D eigenvalue weighted by atomic mass is 9.98. The summed E-state index contributed by atoms with van der Waals surface area (Å²) in [5.41, 5.74) is 2.14. The Bertz CT molecular complexity index is 1220. The largest absolute Gasteiger partial charge is 0.306 e. The summed E-state index contributed by atoms with van der Waals surface area (Å²) < 4.78 is 0. The summed E-state index contributed by atoms with van der Waals surface area (Å²) in [4.78, 5) is 58.1. The van der Waals surface area contributed by atoms with Gasteiger partial charge in [-0.2, -0.15) is 0 Å². The maximum absolute atomic E-state index is 14.4. The third kappa shape index (κ3) is 5.93. The van der Waals surface area contributed by atoms with E-state index in [-0.39, 0.29) is 11.8 Å². The van der Waals surface area contributed by atoms with Crippen molar-refractivity contribution in [2.45, 2.75) is 79.1 Å². The molecule has 214 valence electrons.